The van der Waals surface area contributed by atoms with Gasteiger partial charge in [-0.25, -0.2) is 0 Å². The first-order chi connectivity index (χ1) is 12.6. The van der Waals surface area contributed by atoms with Gasteiger partial charge >= 0.3 is 0 Å². The number of rotatable bonds is 7. The van der Waals surface area contributed by atoms with E-state index in [-0.39, 0.29) is 18.2 Å². The molecule has 1 aromatic carbocycles. The predicted molar refractivity (Wildman–Crippen MR) is 103 cm³/mol. The Hall–Kier alpha value is -1.97. The summed E-state index contributed by atoms with van der Waals surface area (Å²) in [5, 5.41) is 11.3. The lowest BCUT2D eigenvalue weighted by atomic mass is 10.1. The van der Waals surface area contributed by atoms with Crippen molar-refractivity contribution in [2.45, 2.75) is 17.7 Å². The molecule has 138 valence electrons. The third kappa shape index (κ3) is 4.60. The second-order valence-electron chi connectivity index (χ2n) is 5.95. The summed E-state index contributed by atoms with van der Waals surface area (Å²) in [4.78, 5) is 26.5. The zero-order valence-corrected chi connectivity index (χ0v) is 16.2. The molecule has 3 rings (SSSR count). The van der Waals surface area contributed by atoms with E-state index in [1.165, 1.54) is 23.1 Å². The van der Waals surface area contributed by atoms with E-state index < -0.39 is 5.92 Å². The molecule has 1 aliphatic heterocycles. The molecule has 0 aliphatic carbocycles. The smallest absolute Gasteiger partial charge is 0.231 e. The molecule has 1 N–H and O–H groups in total. The summed E-state index contributed by atoms with van der Waals surface area (Å²) in [5.74, 6) is 0.153. The number of aryl methyl sites for hydroxylation is 1. The van der Waals surface area contributed by atoms with Crippen LogP contribution in [0, 0.1) is 12.8 Å². The van der Waals surface area contributed by atoms with Crippen LogP contribution in [-0.2, 0) is 14.3 Å². The Morgan fingerprint density at radius 1 is 1.46 bits per heavy atom. The number of ether oxygens (including phenoxy) is 1. The molecular formula is C17H20N4O3S2. The summed E-state index contributed by atoms with van der Waals surface area (Å²) < 4.78 is 5.77. The van der Waals surface area contributed by atoms with Gasteiger partial charge in [0.15, 0.2) is 4.34 Å². The predicted octanol–water partition coefficient (Wildman–Crippen LogP) is 2.58. The van der Waals surface area contributed by atoms with Crippen LogP contribution in [0.4, 0.5) is 10.8 Å². The summed E-state index contributed by atoms with van der Waals surface area (Å²) in [7, 11) is 1.65. The summed E-state index contributed by atoms with van der Waals surface area (Å²) >= 11 is 2.86. The van der Waals surface area contributed by atoms with Crippen LogP contribution in [0.3, 0.4) is 0 Å². The van der Waals surface area contributed by atoms with Gasteiger partial charge in [-0.3, -0.25) is 9.59 Å². The van der Waals surface area contributed by atoms with E-state index in [0.29, 0.717) is 18.3 Å². The van der Waals surface area contributed by atoms with Crippen molar-refractivity contribution in [2.75, 3.05) is 36.2 Å². The number of aromatic nitrogens is 2. The minimum Gasteiger partial charge on any atom is -0.384 e. The number of thioether (sulfide) groups is 1. The average molecular weight is 393 g/mol. The van der Waals surface area contributed by atoms with Gasteiger partial charge in [-0.2, -0.15) is 0 Å². The molecule has 1 saturated heterocycles. The SMILES string of the molecule is COCCSc1nnc(NC(=O)C2CC(=O)N(c3cccc(C)c3)C2)s1. The fourth-order valence-corrected chi connectivity index (χ4v) is 4.39. The van der Waals surface area contributed by atoms with Crippen LogP contribution in [-0.4, -0.2) is 48.0 Å². The van der Waals surface area contributed by atoms with Crippen molar-refractivity contribution in [2.24, 2.45) is 5.92 Å². The van der Waals surface area contributed by atoms with Crippen molar-refractivity contribution in [3.8, 4) is 0 Å². The molecule has 2 heterocycles. The Kier molecular flexibility index (Phi) is 6.23. The van der Waals surface area contributed by atoms with Crippen LogP contribution in [0.15, 0.2) is 28.6 Å². The molecule has 1 atom stereocenters. The summed E-state index contributed by atoms with van der Waals surface area (Å²) in [5.41, 5.74) is 1.91. The number of hydrogen-bond acceptors (Lipinski definition) is 7. The van der Waals surface area contributed by atoms with Crippen molar-refractivity contribution >= 4 is 45.7 Å². The van der Waals surface area contributed by atoms with Crippen LogP contribution in [0.1, 0.15) is 12.0 Å². The van der Waals surface area contributed by atoms with E-state index in [0.717, 1.165) is 21.3 Å². The maximum Gasteiger partial charge on any atom is 0.231 e. The standard InChI is InChI=1S/C17H20N4O3S2/c1-11-4-3-5-13(8-11)21-10-12(9-14(21)22)15(23)18-16-19-20-17(26-16)25-7-6-24-2/h3-5,8,12H,6-7,9-10H2,1-2H3,(H,18,19,23). The van der Waals surface area contributed by atoms with Gasteiger partial charge in [0.25, 0.3) is 0 Å². The highest BCUT2D eigenvalue weighted by Crippen LogP contribution is 2.28. The molecule has 0 saturated carbocycles. The van der Waals surface area contributed by atoms with Gasteiger partial charge in [0.1, 0.15) is 0 Å². The van der Waals surface area contributed by atoms with E-state index in [1.54, 1.807) is 12.0 Å². The molecule has 1 aromatic heterocycles. The van der Waals surface area contributed by atoms with E-state index >= 15 is 0 Å². The summed E-state index contributed by atoms with van der Waals surface area (Å²) in [6, 6.07) is 7.73. The molecule has 0 radical (unpaired) electrons. The lowest BCUT2D eigenvalue weighted by molar-refractivity contribution is -0.122. The number of amides is 2. The number of nitrogens with zero attached hydrogens (tertiary/aromatic N) is 3. The normalized spacial score (nSPS) is 16.9. The lowest BCUT2D eigenvalue weighted by Crippen LogP contribution is -2.28. The average Bonchev–Trinajstić information content (AvgIpc) is 3.22. The molecule has 2 amide bonds. The van der Waals surface area contributed by atoms with Crippen molar-refractivity contribution < 1.29 is 14.3 Å². The number of benzene rings is 1. The molecule has 1 fully saturated rings. The topological polar surface area (TPSA) is 84.4 Å². The fraction of sp³-hybridized carbons (Fsp3) is 0.412. The minimum atomic E-state index is -0.392. The largest absolute Gasteiger partial charge is 0.384 e. The number of carbonyl (C=O) groups excluding carboxylic acids is 2. The van der Waals surface area contributed by atoms with Gasteiger partial charge in [0, 0.05) is 31.5 Å². The summed E-state index contributed by atoms with van der Waals surface area (Å²) in [6.45, 7) is 2.99. The molecule has 7 nitrogen and oxygen atoms in total. The van der Waals surface area contributed by atoms with E-state index in [4.69, 9.17) is 4.74 Å². The van der Waals surface area contributed by atoms with Gasteiger partial charge in [-0.15, -0.1) is 10.2 Å². The third-order valence-electron chi connectivity index (χ3n) is 3.96. The van der Waals surface area contributed by atoms with Crippen molar-refractivity contribution in [3.05, 3.63) is 29.8 Å². The number of anilines is 2. The molecule has 2 aromatic rings. The molecular weight excluding hydrogens is 372 g/mol. The van der Waals surface area contributed by atoms with Gasteiger partial charge in [-0.05, 0) is 24.6 Å². The van der Waals surface area contributed by atoms with Crippen LogP contribution in [0.25, 0.3) is 0 Å². The first-order valence-electron chi connectivity index (χ1n) is 8.20. The lowest BCUT2D eigenvalue weighted by Gasteiger charge is -2.17. The highest BCUT2D eigenvalue weighted by molar-refractivity contribution is 8.01. The maximum absolute atomic E-state index is 12.5. The van der Waals surface area contributed by atoms with Gasteiger partial charge in [-0.1, -0.05) is 35.2 Å². The number of carbonyl (C=O) groups is 2. The Bertz CT molecular complexity index is 796. The van der Waals surface area contributed by atoms with Crippen LogP contribution < -0.4 is 10.2 Å². The molecule has 9 heteroatoms. The van der Waals surface area contributed by atoms with Crippen LogP contribution in [0.2, 0.25) is 0 Å². The Morgan fingerprint density at radius 3 is 3.08 bits per heavy atom. The molecule has 26 heavy (non-hydrogen) atoms. The minimum absolute atomic E-state index is 0.0381. The van der Waals surface area contributed by atoms with E-state index in [2.05, 4.69) is 15.5 Å². The zero-order valence-electron chi connectivity index (χ0n) is 14.6. The Balaban J connectivity index is 1.58. The van der Waals surface area contributed by atoms with Crippen molar-refractivity contribution in [1.29, 1.82) is 0 Å². The van der Waals surface area contributed by atoms with E-state index in [1.807, 2.05) is 31.2 Å². The molecule has 0 spiro atoms. The fourth-order valence-electron chi connectivity index (χ4n) is 2.67. The zero-order chi connectivity index (χ0) is 18.5. The second kappa shape index (κ2) is 8.61. The van der Waals surface area contributed by atoms with Crippen molar-refractivity contribution in [3.63, 3.8) is 0 Å². The van der Waals surface area contributed by atoms with Gasteiger partial charge in [0.05, 0.1) is 12.5 Å². The first-order valence-corrected chi connectivity index (χ1v) is 10.00. The number of methoxy groups -OCH3 is 1. The second-order valence-corrected chi connectivity index (χ2v) is 8.27. The van der Waals surface area contributed by atoms with Gasteiger partial charge < -0.3 is 15.0 Å². The molecule has 1 unspecified atom stereocenters. The Labute approximate surface area is 160 Å². The monoisotopic (exact) mass is 392 g/mol. The van der Waals surface area contributed by atoms with Crippen molar-refractivity contribution in [1.82, 2.24) is 10.2 Å². The number of hydrogen-bond donors (Lipinski definition) is 1. The highest BCUT2D eigenvalue weighted by Gasteiger charge is 2.35. The molecule has 0 bridgehead atoms. The first kappa shape index (κ1) is 18.8. The van der Waals surface area contributed by atoms with Gasteiger partial charge in [0.2, 0.25) is 16.9 Å². The maximum atomic E-state index is 12.5. The van der Waals surface area contributed by atoms with Crippen LogP contribution >= 0.6 is 23.1 Å². The number of nitrogens with one attached hydrogen (secondary N) is 1. The summed E-state index contributed by atoms with van der Waals surface area (Å²) in [6.07, 6.45) is 0.202. The third-order valence-corrected chi connectivity index (χ3v) is 5.90. The highest BCUT2D eigenvalue weighted by atomic mass is 32.2. The van der Waals surface area contributed by atoms with E-state index in [9.17, 15) is 9.59 Å². The Morgan fingerprint density at radius 2 is 2.31 bits per heavy atom. The quantitative estimate of drug-likeness (QED) is 0.443. The van der Waals surface area contributed by atoms with Crippen LogP contribution in [0.5, 0.6) is 0 Å². The molecule has 1 aliphatic rings.